The Labute approximate surface area is 155 Å². The SMILES string of the molecule is Cc1nn2c(-c3ccc4ccccc4c3)ccnc2c1-c1ccc(F)cc1. The molecule has 0 aliphatic heterocycles. The molecular formula is C23H16FN3. The molecule has 2 aromatic heterocycles. The first-order valence-electron chi connectivity index (χ1n) is 8.80. The lowest BCUT2D eigenvalue weighted by molar-refractivity contribution is 0.628. The monoisotopic (exact) mass is 353 g/mol. The fraction of sp³-hybridized carbons (Fsp3) is 0.0435. The van der Waals surface area contributed by atoms with Crippen LogP contribution in [0.2, 0.25) is 0 Å². The lowest BCUT2D eigenvalue weighted by Gasteiger charge is -2.07. The van der Waals surface area contributed by atoms with Crippen molar-refractivity contribution in [2.75, 3.05) is 0 Å². The van der Waals surface area contributed by atoms with Gasteiger partial charge < -0.3 is 0 Å². The first-order valence-corrected chi connectivity index (χ1v) is 8.80. The zero-order valence-corrected chi connectivity index (χ0v) is 14.7. The Morgan fingerprint density at radius 1 is 0.815 bits per heavy atom. The Hall–Kier alpha value is -3.53. The molecule has 2 heterocycles. The number of halogens is 1. The third kappa shape index (κ3) is 2.57. The number of benzene rings is 3. The highest BCUT2D eigenvalue weighted by Crippen LogP contribution is 2.31. The zero-order chi connectivity index (χ0) is 18.4. The molecular weight excluding hydrogens is 337 g/mol. The van der Waals surface area contributed by atoms with Gasteiger partial charge in [-0.25, -0.2) is 13.9 Å². The second kappa shape index (κ2) is 6.02. The van der Waals surface area contributed by atoms with Crippen LogP contribution in [0.15, 0.2) is 79.0 Å². The lowest BCUT2D eigenvalue weighted by atomic mass is 10.0. The average molecular weight is 353 g/mol. The summed E-state index contributed by atoms with van der Waals surface area (Å²) in [6.45, 7) is 1.96. The molecule has 0 N–H and O–H groups in total. The number of rotatable bonds is 2. The number of hydrogen-bond acceptors (Lipinski definition) is 2. The highest BCUT2D eigenvalue weighted by Gasteiger charge is 2.16. The van der Waals surface area contributed by atoms with Gasteiger partial charge >= 0.3 is 0 Å². The van der Waals surface area contributed by atoms with E-state index in [2.05, 4.69) is 35.3 Å². The van der Waals surface area contributed by atoms with Crippen LogP contribution in [0, 0.1) is 12.7 Å². The molecule has 0 spiro atoms. The fourth-order valence-electron chi connectivity index (χ4n) is 3.57. The molecule has 0 saturated carbocycles. The second-order valence-electron chi connectivity index (χ2n) is 6.59. The minimum Gasteiger partial charge on any atom is -0.236 e. The summed E-state index contributed by atoms with van der Waals surface area (Å²) in [7, 11) is 0. The van der Waals surface area contributed by atoms with Gasteiger partial charge in [-0.3, -0.25) is 0 Å². The summed E-state index contributed by atoms with van der Waals surface area (Å²) in [6, 6.07) is 23.1. The number of hydrogen-bond donors (Lipinski definition) is 0. The van der Waals surface area contributed by atoms with Crippen LogP contribution in [0.25, 0.3) is 38.8 Å². The van der Waals surface area contributed by atoms with E-state index in [1.807, 2.05) is 29.6 Å². The van der Waals surface area contributed by atoms with Gasteiger partial charge in [-0.2, -0.15) is 5.10 Å². The van der Waals surface area contributed by atoms with E-state index in [1.165, 1.54) is 22.9 Å². The summed E-state index contributed by atoms with van der Waals surface area (Å²) in [5.41, 5.74) is 5.52. The van der Waals surface area contributed by atoms with Crippen LogP contribution in [-0.2, 0) is 0 Å². The van der Waals surface area contributed by atoms with Crippen LogP contribution in [0.1, 0.15) is 5.69 Å². The van der Waals surface area contributed by atoms with Crippen molar-refractivity contribution in [1.82, 2.24) is 14.6 Å². The Bertz CT molecular complexity index is 1290. The summed E-state index contributed by atoms with van der Waals surface area (Å²) < 4.78 is 15.2. The number of aryl methyl sites for hydroxylation is 1. The van der Waals surface area contributed by atoms with Crippen LogP contribution in [-0.4, -0.2) is 14.6 Å². The summed E-state index contributed by atoms with van der Waals surface area (Å²) in [5, 5.41) is 7.12. The maximum atomic E-state index is 13.3. The highest BCUT2D eigenvalue weighted by atomic mass is 19.1. The van der Waals surface area contributed by atoms with E-state index in [1.54, 1.807) is 18.3 Å². The molecule has 3 nitrogen and oxygen atoms in total. The third-order valence-corrected chi connectivity index (χ3v) is 4.87. The Morgan fingerprint density at radius 3 is 2.37 bits per heavy atom. The van der Waals surface area contributed by atoms with Gasteiger partial charge in [0.05, 0.1) is 11.4 Å². The van der Waals surface area contributed by atoms with Crippen molar-refractivity contribution in [3.05, 3.63) is 90.5 Å². The van der Waals surface area contributed by atoms with Crippen LogP contribution in [0.3, 0.4) is 0 Å². The molecule has 5 aromatic rings. The van der Waals surface area contributed by atoms with Crippen molar-refractivity contribution >= 4 is 16.4 Å². The second-order valence-corrected chi connectivity index (χ2v) is 6.59. The maximum Gasteiger partial charge on any atom is 0.163 e. The largest absolute Gasteiger partial charge is 0.236 e. The third-order valence-electron chi connectivity index (χ3n) is 4.87. The predicted molar refractivity (Wildman–Crippen MR) is 106 cm³/mol. The molecule has 0 saturated heterocycles. The molecule has 0 radical (unpaired) electrons. The van der Waals surface area contributed by atoms with E-state index in [-0.39, 0.29) is 5.82 Å². The van der Waals surface area contributed by atoms with Crippen LogP contribution in [0.5, 0.6) is 0 Å². The van der Waals surface area contributed by atoms with Crippen molar-refractivity contribution < 1.29 is 4.39 Å². The molecule has 3 aromatic carbocycles. The van der Waals surface area contributed by atoms with Gasteiger partial charge in [0.2, 0.25) is 0 Å². The molecule has 27 heavy (non-hydrogen) atoms. The van der Waals surface area contributed by atoms with Crippen molar-refractivity contribution in [2.45, 2.75) is 6.92 Å². The van der Waals surface area contributed by atoms with Crippen molar-refractivity contribution in [3.63, 3.8) is 0 Å². The predicted octanol–water partition coefficient (Wildman–Crippen LogP) is 5.66. The van der Waals surface area contributed by atoms with Gasteiger partial charge in [0.1, 0.15) is 5.82 Å². The van der Waals surface area contributed by atoms with E-state index in [9.17, 15) is 4.39 Å². The molecule has 5 rings (SSSR count). The molecule has 0 aliphatic rings. The molecule has 0 amide bonds. The van der Waals surface area contributed by atoms with Crippen LogP contribution in [0.4, 0.5) is 4.39 Å². The van der Waals surface area contributed by atoms with Crippen LogP contribution < -0.4 is 0 Å². The first kappa shape index (κ1) is 15.7. The van der Waals surface area contributed by atoms with E-state index < -0.39 is 0 Å². The average Bonchev–Trinajstić information content (AvgIpc) is 3.04. The quantitative estimate of drug-likeness (QED) is 0.410. The molecule has 0 fully saturated rings. The van der Waals surface area contributed by atoms with E-state index in [4.69, 9.17) is 5.10 Å². The standard InChI is InChI=1S/C23H16FN3/c1-15-22(17-8-10-20(24)11-9-17)23-25-13-12-21(27(23)26-15)19-7-6-16-4-2-3-5-18(16)14-19/h2-14H,1H3. The zero-order valence-electron chi connectivity index (χ0n) is 14.7. The van der Waals surface area contributed by atoms with E-state index in [0.29, 0.717) is 0 Å². The molecule has 0 unspecified atom stereocenters. The summed E-state index contributed by atoms with van der Waals surface area (Å²) in [4.78, 5) is 4.56. The van der Waals surface area contributed by atoms with E-state index >= 15 is 0 Å². The Balaban J connectivity index is 1.74. The van der Waals surface area contributed by atoms with Crippen molar-refractivity contribution in [2.24, 2.45) is 0 Å². The van der Waals surface area contributed by atoms with Crippen LogP contribution >= 0.6 is 0 Å². The van der Waals surface area contributed by atoms with E-state index in [0.717, 1.165) is 33.7 Å². The van der Waals surface area contributed by atoms with Gasteiger partial charge in [0.25, 0.3) is 0 Å². The number of fused-ring (bicyclic) bond motifs is 2. The molecule has 0 bridgehead atoms. The molecule has 4 heteroatoms. The Kier molecular flexibility index (Phi) is 3.50. The highest BCUT2D eigenvalue weighted by molar-refractivity contribution is 5.88. The Morgan fingerprint density at radius 2 is 1.56 bits per heavy atom. The summed E-state index contributed by atoms with van der Waals surface area (Å²) >= 11 is 0. The number of nitrogens with zero attached hydrogens (tertiary/aromatic N) is 3. The lowest BCUT2D eigenvalue weighted by Crippen LogP contribution is -1.96. The maximum absolute atomic E-state index is 13.3. The van der Waals surface area contributed by atoms with Gasteiger partial charge in [-0.15, -0.1) is 0 Å². The van der Waals surface area contributed by atoms with Gasteiger partial charge in [0.15, 0.2) is 5.65 Å². The fourth-order valence-corrected chi connectivity index (χ4v) is 3.57. The molecule has 0 atom stereocenters. The minimum atomic E-state index is -0.252. The van der Waals surface area contributed by atoms with Crippen molar-refractivity contribution in [3.8, 4) is 22.4 Å². The topological polar surface area (TPSA) is 30.2 Å². The molecule has 0 aliphatic carbocycles. The summed E-state index contributed by atoms with van der Waals surface area (Å²) in [6.07, 6.45) is 1.80. The van der Waals surface area contributed by atoms with Gasteiger partial charge in [0, 0.05) is 17.3 Å². The normalized spacial score (nSPS) is 11.3. The smallest absolute Gasteiger partial charge is 0.163 e. The first-order chi connectivity index (χ1) is 13.2. The number of aromatic nitrogens is 3. The van der Waals surface area contributed by atoms with Gasteiger partial charge in [-0.1, -0.05) is 48.5 Å². The summed E-state index contributed by atoms with van der Waals surface area (Å²) in [5.74, 6) is -0.252. The van der Waals surface area contributed by atoms with Gasteiger partial charge in [-0.05, 0) is 47.5 Å². The minimum absolute atomic E-state index is 0.252. The molecule has 130 valence electrons. The van der Waals surface area contributed by atoms with Crippen molar-refractivity contribution in [1.29, 1.82) is 0 Å².